The van der Waals surface area contributed by atoms with E-state index in [1.54, 1.807) is 68.6 Å². The Bertz CT molecular complexity index is 1490. The molecular weight excluding hydrogens is 498 g/mol. The summed E-state index contributed by atoms with van der Waals surface area (Å²) in [5.41, 5.74) is 2.96. The molecule has 0 spiro atoms. The van der Waals surface area contributed by atoms with Gasteiger partial charge < -0.3 is 19.3 Å². The molecule has 1 aliphatic heterocycles. The molecule has 8 nitrogen and oxygen atoms in total. The van der Waals surface area contributed by atoms with Gasteiger partial charge in [0, 0.05) is 11.3 Å². The summed E-state index contributed by atoms with van der Waals surface area (Å²) in [6.45, 7) is 5.80. The summed E-state index contributed by atoms with van der Waals surface area (Å²) in [5, 5.41) is 11.7. The van der Waals surface area contributed by atoms with Crippen LogP contribution in [-0.2, 0) is 14.3 Å². The number of amides is 1. The van der Waals surface area contributed by atoms with Gasteiger partial charge in [-0.2, -0.15) is 0 Å². The predicted octanol–water partition coefficient (Wildman–Crippen LogP) is 5.55. The number of anilines is 1. The number of hydrogen-bond donors (Lipinski definition) is 1. The molecule has 4 rings (SSSR count). The third kappa shape index (κ3) is 4.97. The highest BCUT2D eigenvalue weighted by molar-refractivity contribution is 6.51. The molecule has 1 amide bonds. The van der Waals surface area contributed by atoms with Gasteiger partial charge in [0.1, 0.15) is 17.3 Å². The molecule has 0 radical (unpaired) electrons. The minimum Gasteiger partial charge on any atom is -0.507 e. The van der Waals surface area contributed by atoms with Gasteiger partial charge in [0.05, 0.1) is 38.5 Å². The zero-order valence-corrected chi connectivity index (χ0v) is 22.8. The molecule has 1 saturated heterocycles. The molecule has 0 aliphatic carbocycles. The van der Waals surface area contributed by atoms with Crippen molar-refractivity contribution < 1.29 is 33.7 Å². The van der Waals surface area contributed by atoms with E-state index in [-0.39, 0.29) is 22.8 Å². The maximum Gasteiger partial charge on any atom is 0.337 e. The number of rotatable bonds is 7. The molecule has 8 heteroatoms. The normalized spacial score (nSPS) is 16.5. The number of Topliss-reactive ketones (excluding diaryl/α,β-unsaturated/α-hetero) is 1. The third-order valence-corrected chi connectivity index (χ3v) is 6.85. The summed E-state index contributed by atoms with van der Waals surface area (Å²) >= 11 is 0. The summed E-state index contributed by atoms with van der Waals surface area (Å²) in [7, 11) is 4.36. The van der Waals surface area contributed by atoms with Crippen LogP contribution < -0.4 is 14.4 Å². The molecule has 1 fully saturated rings. The third-order valence-electron chi connectivity index (χ3n) is 6.85. The van der Waals surface area contributed by atoms with Gasteiger partial charge in [-0.25, -0.2) is 4.79 Å². The van der Waals surface area contributed by atoms with E-state index < -0.39 is 23.7 Å². The fourth-order valence-corrected chi connectivity index (χ4v) is 4.85. The average molecular weight is 530 g/mol. The molecule has 39 heavy (non-hydrogen) atoms. The van der Waals surface area contributed by atoms with E-state index >= 15 is 0 Å². The van der Waals surface area contributed by atoms with Crippen LogP contribution in [0.2, 0.25) is 0 Å². The lowest BCUT2D eigenvalue weighted by Crippen LogP contribution is -2.29. The number of benzene rings is 3. The number of aliphatic hydroxyl groups is 1. The Labute approximate surface area is 227 Å². The Morgan fingerprint density at radius 1 is 0.949 bits per heavy atom. The highest BCUT2D eigenvalue weighted by Gasteiger charge is 2.47. The van der Waals surface area contributed by atoms with Gasteiger partial charge in [0.2, 0.25) is 0 Å². The molecule has 3 aromatic carbocycles. The molecule has 1 N–H and O–H groups in total. The zero-order chi connectivity index (χ0) is 28.4. The first-order valence-corrected chi connectivity index (χ1v) is 12.4. The van der Waals surface area contributed by atoms with E-state index in [9.17, 15) is 19.5 Å². The lowest BCUT2D eigenvalue weighted by molar-refractivity contribution is -0.132. The summed E-state index contributed by atoms with van der Waals surface area (Å²) in [6.07, 6.45) is 0. The SMILES string of the molecule is COC(=O)c1cccc(N2C(=O)C(=O)/C(=C(/O)c3cc(C(C)C)c(OC)cc3C)C2c2cccc(OC)c2)c1. The number of carbonyl (C=O) groups excluding carboxylic acids is 3. The zero-order valence-electron chi connectivity index (χ0n) is 22.8. The fourth-order valence-electron chi connectivity index (χ4n) is 4.85. The monoisotopic (exact) mass is 529 g/mol. The summed E-state index contributed by atoms with van der Waals surface area (Å²) in [4.78, 5) is 40.7. The molecule has 0 aromatic heterocycles. The number of nitrogens with zero attached hydrogens (tertiary/aromatic N) is 1. The van der Waals surface area contributed by atoms with Crippen LogP contribution in [0.1, 0.15) is 58.4 Å². The molecule has 0 bridgehead atoms. The summed E-state index contributed by atoms with van der Waals surface area (Å²) in [6, 6.07) is 15.8. The summed E-state index contributed by atoms with van der Waals surface area (Å²) in [5.74, 6) is -1.29. The van der Waals surface area contributed by atoms with Gasteiger partial charge in [-0.05, 0) is 72.0 Å². The Morgan fingerprint density at radius 3 is 2.31 bits per heavy atom. The maximum atomic E-state index is 13.6. The van der Waals surface area contributed by atoms with Crippen LogP contribution in [0.15, 0.2) is 66.2 Å². The number of methoxy groups -OCH3 is 3. The molecule has 1 atom stereocenters. The van der Waals surface area contributed by atoms with Crippen LogP contribution in [0.5, 0.6) is 11.5 Å². The van der Waals surface area contributed by atoms with Crippen LogP contribution in [0.25, 0.3) is 5.76 Å². The van der Waals surface area contributed by atoms with Gasteiger partial charge in [-0.15, -0.1) is 0 Å². The van der Waals surface area contributed by atoms with Crippen molar-refractivity contribution in [2.75, 3.05) is 26.2 Å². The van der Waals surface area contributed by atoms with Crippen molar-refractivity contribution in [3.63, 3.8) is 0 Å². The Balaban J connectivity index is 2.00. The smallest absolute Gasteiger partial charge is 0.337 e. The van der Waals surface area contributed by atoms with Gasteiger partial charge in [-0.1, -0.05) is 32.0 Å². The van der Waals surface area contributed by atoms with E-state index in [4.69, 9.17) is 14.2 Å². The number of hydrogen-bond acceptors (Lipinski definition) is 7. The van der Waals surface area contributed by atoms with Gasteiger partial charge in [0.25, 0.3) is 11.7 Å². The lowest BCUT2D eigenvalue weighted by Gasteiger charge is -2.26. The van der Waals surface area contributed by atoms with Crippen molar-refractivity contribution in [2.45, 2.75) is 32.7 Å². The molecule has 1 aliphatic rings. The maximum absolute atomic E-state index is 13.6. The van der Waals surface area contributed by atoms with E-state index in [0.29, 0.717) is 33.9 Å². The topological polar surface area (TPSA) is 102 Å². The summed E-state index contributed by atoms with van der Waals surface area (Å²) < 4.78 is 15.8. The van der Waals surface area contributed by atoms with Crippen LogP contribution in [0.3, 0.4) is 0 Å². The number of ketones is 1. The quantitative estimate of drug-likeness (QED) is 0.185. The van der Waals surface area contributed by atoms with E-state index in [2.05, 4.69) is 0 Å². The number of esters is 1. The first-order chi connectivity index (χ1) is 18.6. The Morgan fingerprint density at radius 2 is 1.67 bits per heavy atom. The van der Waals surface area contributed by atoms with Gasteiger partial charge in [0.15, 0.2) is 0 Å². The van der Waals surface area contributed by atoms with Crippen molar-refractivity contribution in [3.05, 3.63) is 94.1 Å². The Hall–Kier alpha value is -4.59. The second-order valence-corrected chi connectivity index (χ2v) is 9.55. The molecule has 202 valence electrons. The molecular formula is C31H31NO7. The molecule has 3 aromatic rings. The van der Waals surface area contributed by atoms with Crippen molar-refractivity contribution >= 4 is 29.1 Å². The predicted molar refractivity (Wildman–Crippen MR) is 147 cm³/mol. The minimum atomic E-state index is -0.989. The van der Waals surface area contributed by atoms with E-state index in [1.807, 2.05) is 13.8 Å². The first-order valence-electron chi connectivity index (χ1n) is 12.4. The van der Waals surface area contributed by atoms with E-state index in [1.165, 1.54) is 25.2 Å². The number of carbonyl (C=O) groups is 3. The van der Waals surface area contributed by atoms with Crippen molar-refractivity contribution in [3.8, 4) is 11.5 Å². The van der Waals surface area contributed by atoms with Crippen LogP contribution in [0.4, 0.5) is 5.69 Å². The number of aryl methyl sites for hydroxylation is 1. The molecule has 0 saturated carbocycles. The van der Waals surface area contributed by atoms with Crippen molar-refractivity contribution in [1.29, 1.82) is 0 Å². The largest absolute Gasteiger partial charge is 0.507 e. The molecule has 1 heterocycles. The first kappa shape index (κ1) is 27.4. The Kier molecular flexibility index (Phi) is 7.76. The highest BCUT2D eigenvalue weighted by Crippen LogP contribution is 2.44. The van der Waals surface area contributed by atoms with Gasteiger partial charge in [-0.3, -0.25) is 14.5 Å². The highest BCUT2D eigenvalue weighted by atomic mass is 16.5. The van der Waals surface area contributed by atoms with E-state index in [0.717, 1.165) is 5.56 Å². The second-order valence-electron chi connectivity index (χ2n) is 9.55. The minimum absolute atomic E-state index is 0.0697. The second kappa shape index (κ2) is 11.0. The van der Waals surface area contributed by atoms with Gasteiger partial charge >= 0.3 is 5.97 Å². The lowest BCUT2D eigenvalue weighted by atomic mass is 9.91. The van der Waals surface area contributed by atoms with Crippen molar-refractivity contribution in [2.24, 2.45) is 0 Å². The average Bonchev–Trinajstić information content (AvgIpc) is 3.21. The fraction of sp³-hybridized carbons (Fsp3) is 0.258. The van der Waals surface area contributed by atoms with Crippen LogP contribution >= 0.6 is 0 Å². The standard InChI is InChI=1S/C31H31NO7/c1-17(2)23-16-24(18(3)13-25(23)38-5)28(33)26-27(19-9-8-12-22(15-19)37-4)32(30(35)29(26)34)21-11-7-10-20(14-21)31(36)39-6/h7-17,27,33H,1-6H3/b28-26+. The van der Waals surface area contributed by atoms with Crippen LogP contribution in [0, 0.1) is 6.92 Å². The molecule has 1 unspecified atom stereocenters. The van der Waals surface area contributed by atoms with Crippen molar-refractivity contribution in [1.82, 2.24) is 0 Å². The number of ether oxygens (including phenoxy) is 3. The number of aliphatic hydroxyl groups excluding tert-OH is 1. The van der Waals surface area contributed by atoms with Crippen LogP contribution in [-0.4, -0.2) is 44.1 Å².